The monoisotopic (exact) mass is 394 g/mol. The fourth-order valence-electron chi connectivity index (χ4n) is 2.91. The minimum atomic E-state index is -1.18. The first-order chi connectivity index (χ1) is 13.8. The Bertz CT molecular complexity index is 952. The zero-order valence-corrected chi connectivity index (χ0v) is 15.2. The van der Waals surface area contributed by atoms with Crippen molar-refractivity contribution in [3.05, 3.63) is 95.1 Å². The summed E-state index contributed by atoms with van der Waals surface area (Å²) in [6.45, 7) is 0.206. The van der Waals surface area contributed by atoms with Crippen molar-refractivity contribution < 1.29 is 29.7 Å². The number of rotatable bonds is 6. The van der Waals surface area contributed by atoms with Gasteiger partial charge in [0.15, 0.2) is 0 Å². The van der Waals surface area contributed by atoms with Crippen LogP contribution in [-0.4, -0.2) is 49.6 Å². The molecule has 0 amide bonds. The molecule has 8 heteroatoms. The second-order valence-electron chi connectivity index (χ2n) is 6.44. The standard InChI is InChI=1S/C21H18N2O6/c24-19(25)13-23-7-3-16(4-8-23)15-1-5-22(6-2-15)12-14-9-17(20(26)27)11-18(10-14)21(28)29/h1-11H,12-13H2,(H,24,25)(H,26,27)(H,28,29). The first-order valence-electron chi connectivity index (χ1n) is 8.63. The van der Waals surface area contributed by atoms with Crippen molar-refractivity contribution in [2.45, 2.75) is 6.54 Å². The van der Waals surface area contributed by atoms with Crippen LogP contribution in [0, 0.1) is 0 Å². The van der Waals surface area contributed by atoms with Crippen LogP contribution in [-0.2, 0) is 11.3 Å². The van der Waals surface area contributed by atoms with Crippen LogP contribution in [0.2, 0.25) is 0 Å². The maximum absolute atomic E-state index is 11.2. The Kier molecular flexibility index (Phi) is 5.64. The van der Waals surface area contributed by atoms with Crippen molar-refractivity contribution in [2.24, 2.45) is 0 Å². The van der Waals surface area contributed by atoms with Crippen molar-refractivity contribution in [1.82, 2.24) is 9.80 Å². The smallest absolute Gasteiger partial charge is 0.335 e. The Balaban J connectivity index is 1.72. The van der Waals surface area contributed by atoms with Crippen LogP contribution in [0.25, 0.3) is 0 Å². The lowest BCUT2D eigenvalue weighted by Crippen LogP contribution is -2.20. The van der Waals surface area contributed by atoms with E-state index in [1.165, 1.54) is 12.1 Å². The highest BCUT2D eigenvalue weighted by molar-refractivity contribution is 5.94. The average molecular weight is 394 g/mol. The molecule has 0 radical (unpaired) electrons. The Morgan fingerprint density at radius 1 is 0.690 bits per heavy atom. The summed E-state index contributed by atoms with van der Waals surface area (Å²) in [6.07, 6.45) is 14.4. The van der Waals surface area contributed by atoms with E-state index >= 15 is 0 Å². The maximum Gasteiger partial charge on any atom is 0.335 e. The van der Waals surface area contributed by atoms with Gasteiger partial charge in [0.05, 0.1) is 11.1 Å². The first-order valence-corrected chi connectivity index (χ1v) is 8.63. The van der Waals surface area contributed by atoms with E-state index in [1.807, 2.05) is 41.6 Å². The van der Waals surface area contributed by atoms with Gasteiger partial charge in [-0.05, 0) is 59.2 Å². The lowest BCUT2D eigenvalue weighted by Gasteiger charge is -2.21. The SMILES string of the molecule is O=C(O)CN1C=CC(=C2C=CN(Cc3cc(C(=O)O)cc(C(=O)O)c3)C=C2)C=C1. The predicted octanol–water partition coefficient (Wildman–Crippen LogP) is 2.65. The minimum Gasteiger partial charge on any atom is -0.480 e. The van der Waals surface area contributed by atoms with Gasteiger partial charge in [0, 0.05) is 31.3 Å². The summed E-state index contributed by atoms with van der Waals surface area (Å²) in [5.74, 6) is -3.28. The summed E-state index contributed by atoms with van der Waals surface area (Å²) in [4.78, 5) is 36.6. The van der Waals surface area contributed by atoms with Crippen LogP contribution in [0.3, 0.4) is 0 Å². The lowest BCUT2D eigenvalue weighted by atomic mass is 10.0. The summed E-state index contributed by atoms with van der Waals surface area (Å²) in [7, 11) is 0. The van der Waals surface area contributed by atoms with Crippen molar-refractivity contribution in [3.8, 4) is 0 Å². The molecule has 0 fully saturated rings. The van der Waals surface area contributed by atoms with Crippen LogP contribution in [0.4, 0.5) is 0 Å². The van der Waals surface area contributed by atoms with Crippen LogP contribution >= 0.6 is 0 Å². The highest BCUT2D eigenvalue weighted by Gasteiger charge is 2.13. The molecule has 148 valence electrons. The van der Waals surface area contributed by atoms with Crippen LogP contribution < -0.4 is 0 Å². The molecule has 2 aliphatic heterocycles. The van der Waals surface area contributed by atoms with Crippen molar-refractivity contribution >= 4 is 17.9 Å². The van der Waals surface area contributed by atoms with E-state index in [2.05, 4.69) is 0 Å². The molecule has 3 rings (SSSR count). The topological polar surface area (TPSA) is 118 Å². The van der Waals surface area contributed by atoms with Gasteiger partial charge in [0.25, 0.3) is 0 Å². The number of hydrogen-bond donors (Lipinski definition) is 3. The quantitative estimate of drug-likeness (QED) is 0.674. The largest absolute Gasteiger partial charge is 0.480 e. The Hall–Kier alpha value is -4.07. The molecule has 3 N–H and O–H groups in total. The normalized spacial score (nSPS) is 15.2. The number of aromatic carboxylic acids is 2. The Morgan fingerprint density at radius 2 is 1.14 bits per heavy atom. The highest BCUT2D eigenvalue weighted by atomic mass is 16.4. The molecular formula is C21H18N2O6. The fourth-order valence-corrected chi connectivity index (χ4v) is 2.91. The molecule has 0 bridgehead atoms. The molecular weight excluding hydrogens is 376 g/mol. The van der Waals surface area contributed by atoms with Gasteiger partial charge >= 0.3 is 17.9 Å². The second kappa shape index (κ2) is 8.30. The van der Waals surface area contributed by atoms with E-state index in [1.54, 1.807) is 17.3 Å². The molecule has 2 heterocycles. The van der Waals surface area contributed by atoms with E-state index in [-0.39, 0.29) is 17.7 Å². The van der Waals surface area contributed by atoms with E-state index in [9.17, 15) is 24.6 Å². The molecule has 2 aliphatic rings. The van der Waals surface area contributed by atoms with Gasteiger partial charge in [0.1, 0.15) is 6.54 Å². The van der Waals surface area contributed by atoms with Gasteiger partial charge in [-0.3, -0.25) is 4.79 Å². The number of allylic oxidation sites excluding steroid dienone is 6. The zero-order chi connectivity index (χ0) is 21.0. The molecule has 1 aromatic carbocycles. The molecule has 29 heavy (non-hydrogen) atoms. The third kappa shape index (κ3) is 5.01. The molecule has 0 aliphatic carbocycles. The van der Waals surface area contributed by atoms with E-state index < -0.39 is 17.9 Å². The Labute approximate surface area is 166 Å². The van der Waals surface area contributed by atoms with Crippen LogP contribution in [0.15, 0.2) is 78.4 Å². The van der Waals surface area contributed by atoms with Gasteiger partial charge in [-0.2, -0.15) is 0 Å². The molecule has 8 nitrogen and oxygen atoms in total. The van der Waals surface area contributed by atoms with Gasteiger partial charge in [0.2, 0.25) is 0 Å². The van der Waals surface area contributed by atoms with Crippen LogP contribution in [0.1, 0.15) is 26.3 Å². The summed E-state index contributed by atoms with van der Waals surface area (Å²) >= 11 is 0. The summed E-state index contributed by atoms with van der Waals surface area (Å²) in [6, 6.07) is 4.04. The third-order valence-corrected chi connectivity index (χ3v) is 4.29. The van der Waals surface area contributed by atoms with Gasteiger partial charge in [-0.25, -0.2) is 9.59 Å². The van der Waals surface area contributed by atoms with E-state index in [0.29, 0.717) is 12.1 Å². The van der Waals surface area contributed by atoms with Crippen molar-refractivity contribution in [2.75, 3.05) is 6.54 Å². The maximum atomic E-state index is 11.2. The molecule has 0 saturated heterocycles. The highest BCUT2D eigenvalue weighted by Crippen LogP contribution is 2.21. The number of carbonyl (C=O) groups is 3. The zero-order valence-electron chi connectivity index (χ0n) is 15.2. The van der Waals surface area contributed by atoms with Crippen molar-refractivity contribution in [1.29, 1.82) is 0 Å². The molecule has 0 saturated carbocycles. The molecule has 0 spiro atoms. The van der Waals surface area contributed by atoms with Crippen molar-refractivity contribution in [3.63, 3.8) is 0 Å². The van der Waals surface area contributed by atoms with Gasteiger partial charge in [-0.15, -0.1) is 0 Å². The van der Waals surface area contributed by atoms with Gasteiger partial charge in [-0.1, -0.05) is 0 Å². The molecule has 0 aromatic heterocycles. The number of nitrogens with zero attached hydrogens (tertiary/aromatic N) is 2. The average Bonchev–Trinajstić information content (AvgIpc) is 2.68. The third-order valence-electron chi connectivity index (χ3n) is 4.29. The van der Waals surface area contributed by atoms with Gasteiger partial charge < -0.3 is 25.1 Å². The molecule has 0 atom stereocenters. The number of aliphatic carboxylic acids is 1. The number of hydrogen-bond acceptors (Lipinski definition) is 5. The fraction of sp³-hybridized carbons (Fsp3) is 0.0952. The first kappa shape index (κ1) is 19.7. The summed E-state index contributed by atoms with van der Waals surface area (Å²) in [5, 5.41) is 27.2. The minimum absolute atomic E-state index is 0.0731. The second-order valence-corrected chi connectivity index (χ2v) is 6.44. The van der Waals surface area contributed by atoms with E-state index in [0.717, 1.165) is 17.2 Å². The van der Waals surface area contributed by atoms with Crippen LogP contribution in [0.5, 0.6) is 0 Å². The Morgan fingerprint density at radius 3 is 1.55 bits per heavy atom. The lowest BCUT2D eigenvalue weighted by molar-refractivity contribution is -0.137. The number of benzene rings is 1. The molecule has 1 aromatic rings. The number of carboxylic acids is 3. The molecule has 0 unspecified atom stereocenters. The predicted molar refractivity (Wildman–Crippen MR) is 104 cm³/mol. The summed E-state index contributed by atoms with van der Waals surface area (Å²) < 4.78 is 0. The summed E-state index contributed by atoms with van der Waals surface area (Å²) in [5.41, 5.74) is 2.26. The van der Waals surface area contributed by atoms with E-state index in [4.69, 9.17) is 5.11 Å². The number of carboxylic acid groups (broad SMARTS) is 3.